The molecule has 0 amide bonds. The van der Waals surface area contributed by atoms with Gasteiger partial charge in [-0.15, -0.1) is 0 Å². The summed E-state index contributed by atoms with van der Waals surface area (Å²) in [6, 6.07) is 10.6. The van der Waals surface area contributed by atoms with Crippen LogP contribution in [-0.4, -0.2) is 43.3 Å². The molecule has 2 N–H and O–H groups in total. The fourth-order valence-electron chi connectivity index (χ4n) is 2.24. The van der Waals surface area contributed by atoms with E-state index in [1.54, 1.807) is 0 Å². The number of nitrogens with one attached hydrogen (secondary N) is 1. The van der Waals surface area contributed by atoms with Gasteiger partial charge in [-0.05, 0) is 46.5 Å². The molecule has 3 nitrogen and oxygen atoms in total. The van der Waals surface area contributed by atoms with E-state index in [0.717, 1.165) is 18.5 Å². The highest BCUT2D eigenvalue weighted by molar-refractivity contribution is 5.25. The number of hydrogen-bond donors (Lipinski definition) is 2. The van der Waals surface area contributed by atoms with Gasteiger partial charge in [0.15, 0.2) is 0 Å². The zero-order chi connectivity index (χ0) is 13.6. The molecule has 0 bridgehead atoms. The van der Waals surface area contributed by atoms with Gasteiger partial charge in [0.1, 0.15) is 0 Å². The molecule has 0 aliphatic heterocycles. The van der Waals surface area contributed by atoms with Crippen LogP contribution in [0.2, 0.25) is 0 Å². The number of aliphatic hydroxyl groups is 1. The van der Waals surface area contributed by atoms with E-state index in [-0.39, 0.29) is 12.1 Å². The number of aliphatic hydroxyl groups excluding tert-OH is 1. The zero-order valence-electron chi connectivity index (χ0n) is 12.0. The Hall–Kier alpha value is -0.900. The summed E-state index contributed by atoms with van der Waals surface area (Å²) < 4.78 is 0. The number of nitrogens with zero attached hydrogens (tertiary/aromatic N) is 1. The smallest absolute Gasteiger partial charge is 0.0683 e. The first-order valence-corrected chi connectivity index (χ1v) is 6.59. The maximum absolute atomic E-state index is 9.91. The van der Waals surface area contributed by atoms with E-state index in [2.05, 4.69) is 50.3 Å². The predicted molar refractivity (Wildman–Crippen MR) is 76.6 cm³/mol. The molecule has 0 heterocycles. The minimum Gasteiger partial charge on any atom is -0.394 e. The minimum absolute atomic E-state index is 0.114. The Morgan fingerprint density at radius 3 is 2.28 bits per heavy atom. The molecule has 0 fully saturated rings. The molecule has 0 spiro atoms. The van der Waals surface area contributed by atoms with Crippen LogP contribution in [0.25, 0.3) is 0 Å². The van der Waals surface area contributed by atoms with Crippen LogP contribution in [-0.2, 0) is 5.54 Å². The van der Waals surface area contributed by atoms with Gasteiger partial charge in [-0.2, -0.15) is 0 Å². The lowest BCUT2D eigenvalue weighted by Gasteiger charge is -2.36. The van der Waals surface area contributed by atoms with Crippen molar-refractivity contribution in [2.75, 3.05) is 27.2 Å². The predicted octanol–water partition coefficient (Wildman–Crippen LogP) is 1.82. The minimum atomic E-state index is -0.348. The normalized spacial score (nSPS) is 15.1. The SMILES string of the molecule is CC(C)NC(CO)(CCN(C)C)c1ccccc1. The zero-order valence-corrected chi connectivity index (χ0v) is 12.0. The van der Waals surface area contributed by atoms with Gasteiger partial charge in [0, 0.05) is 6.04 Å². The summed E-state index contributed by atoms with van der Waals surface area (Å²) in [5.74, 6) is 0. The van der Waals surface area contributed by atoms with Crippen LogP contribution in [0.3, 0.4) is 0 Å². The Morgan fingerprint density at radius 1 is 1.22 bits per heavy atom. The van der Waals surface area contributed by atoms with Crippen molar-refractivity contribution in [3.8, 4) is 0 Å². The molecule has 1 rings (SSSR count). The highest BCUT2D eigenvalue weighted by atomic mass is 16.3. The molecule has 102 valence electrons. The molecule has 1 aromatic carbocycles. The molecule has 0 aliphatic carbocycles. The molecule has 0 radical (unpaired) electrons. The monoisotopic (exact) mass is 250 g/mol. The topological polar surface area (TPSA) is 35.5 Å². The van der Waals surface area contributed by atoms with Crippen molar-refractivity contribution in [1.82, 2.24) is 10.2 Å². The van der Waals surface area contributed by atoms with Gasteiger partial charge < -0.3 is 15.3 Å². The second kappa shape index (κ2) is 6.88. The van der Waals surface area contributed by atoms with Gasteiger partial charge in [-0.1, -0.05) is 30.3 Å². The van der Waals surface area contributed by atoms with Crippen LogP contribution in [0.15, 0.2) is 30.3 Å². The lowest BCUT2D eigenvalue weighted by atomic mass is 9.86. The first kappa shape index (κ1) is 15.2. The van der Waals surface area contributed by atoms with E-state index >= 15 is 0 Å². The number of benzene rings is 1. The van der Waals surface area contributed by atoms with Crippen molar-refractivity contribution < 1.29 is 5.11 Å². The Labute approximate surface area is 111 Å². The average Bonchev–Trinajstić information content (AvgIpc) is 2.35. The van der Waals surface area contributed by atoms with Crippen molar-refractivity contribution in [3.63, 3.8) is 0 Å². The third kappa shape index (κ3) is 4.09. The molecule has 3 heteroatoms. The van der Waals surface area contributed by atoms with Crippen molar-refractivity contribution in [3.05, 3.63) is 35.9 Å². The molecular formula is C15H26N2O. The van der Waals surface area contributed by atoms with Gasteiger partial charge >= 0.3 is 0 Å². The van der Waals surface area contributed by atoms with Crippen molar-refractivity contribution in [2.24, 2.45) is 0 Å². The highest BCUT2D eigenvalue weighted by Gasteiger charge is 2.31. The van der Waals surface area contributed by atoms with Crippen molar-refractivity contribution >= 4 is 0 Å². The summed E-state index contributed by atoms with van der Waals surface area (Å²) in [7, 11) is 4.12. The van der Waals surface area contributed by atoms with E-state index in [4.69, 9.17) is 0 Å². The standard InChI is InChI=1S/C15H26N2O/c1-13(2)16-15(12-18,10-11-17(3)4)14-8-6-5-7-9-14/h5-9,13,16,18H,10-12H2,1-4H3. The molecular weight excluding hydrogens is 224 g/mol. The first-order valence-electron chi connectivity index (χ1n) is 6.59. The van der Waals surface area contributed by atoms with Crippen LogP contribution >= 0.6 is 0 Å². The van der Waals surface area contributed by atoms with E-state index < -0.39 is 0 Å². The lowest BCUT2D eigenvalue weighted by molar-refractivity contribution is 0.132. The Balaban J connectivity index is 2.98. The van der Waals surface area contributed by atoms with Gasteiger partial charge in [0.25, 0.3) is 0 Å². The van der Waals surface area contributed by atoms with E-state index in [9.17, 15) is 5.11 Å². The molecule has 1 unspecified atom stereocenters. The second-order valence-corrected chi connectivity index (χ2v) is 5.46. The molecule has 0 saturated heterocycles. The van der Waals surface area contributed by atoms with Crippen LogP contribution in [0, 0.1) is 0 Å². The second-order valence-electron chi connectivity index (χ2n) is 5.46. The van der Waals surface area contributed by atoms with Crippen LogP contribution in [0.4, 0.5) is 0 Å². The van der Waals surface area contributed by atoms with Gasteiger partial charge in [-0.25, -0.2) is 0 Å². The molecule has 1 aromatic rings. The van der Waals surface area contributed by atoms with E-state index in [0.29, 0.717) is 6.04 Å². The summed E-state index contributed by atoms with van der Waals surface area (Å²) >= 11 is 0. The maximum atomic E-state index is 9.91. The molecule has 18 heavy (non-hydrogen) atoms. The third-order valence-corrected chi connectivity index (χ3v) is 3.15. The largest absolute Gasteiger partial charge is 0.394 e. The Morgan fingerprint density at radius 2 is 1.83 bits per heavy atom. The number of hydrogen-bond acceptors (Lipinski definition) is 3. The van der Waals surface area contributed by atoms with E-state index in [1.165, 1.54) is 0 Å². The van der Waals surface area contributed by atoms with Gasteiger partial charge in [-0.3, -0.25) is 0 Å². The van der Waals surface area contributed by atoms with Crippen molar-refractivity contribution in [2.45, 2.75) is 31.8 Å². The first-order chi connectivity index (χ1) is 8.50. The molecule has 0 aromatic heterocycles. The van der Waals surface area contributed by atoms with Crippen LogP contribution in [0.1, 0.15) is 25.8 Å². The molecule has 1 atom stereocenters. The maximum Gasteiger partial charge on any atom is 0.0683 e. The van der Waals surface area contributed by atoms with E-state index in [1.807, 2.05) is 18.2 Å². The molecule has 0 aliphatic rings. The summed E-state index contributed by atoms with van der Waals surface area (Å²) in [5.41, 5.74) is 0.808. The third-order valence-electron chi connectivity index (χ3n) is 3.15. The van der Waals surface area contributed by atoms with Gasteiger partial charge in [0.05, 0.1) is 12.1 Å². The summed E-state index contributed by atoms with van der Waals surface area (Å²) in [6.07, 6.45) is 0.888. The Bertz CT molecular complexity index is 338. The highest BCUT2D eigenvalue weighted by Crippen LogP contribution is 2.25. The summed E-state index contributed by atoms with van der Waals surface area (Å²) in [6.45, 7) is 5.28. The van der Waals surface area contributed by atoms with Gasteiger partial charge in [0.2, 0.25) is 0 Å². The quantitative estimate of drug-likeness (QED) is 0.775. The summed E-state index contributed by atoms with van der Waals surface area (Å²) in [4.78, 5) is 2.15. The van der Waals surface area contributed by atoms with Crippen LogP contribution < -0.4 is 5.32 Å². The summed E-state index contributed by atoms with van der Waals surface area (Å²) in [5, 5.41) is 13.4. The van der Waals surface area contributed by atoms with Crippen molar-refractivity contribution in [1.29, 1.82) is 0 Å². The van der Waals surface area contributed by atoms with Crippen LogP contribution in [0.5, 0.6) is 0 Å². The Kier molecular flexibility index (Phi) is 5.79. The fraction of sp³-hybridized carbons (Fsp3) is 0.600. The fourth-order valence-corrected chi connectivity index (χ4v) is 2.24. The number of rotatable bonds is 7. The average molecular weight is 250 g/mol. The molecule has 0 saturated carbocycles. The lowest BCUT2D eigenvalue weighted by Crippen LogP contribution is -2.50.